The zero-order chi connectivity index (χ0) is 19.6. The van der Waals surface area contributed by atoms with Crippen molar-refractivity contribution in [3.8, 4) is 17.6 Å². The molecular weight excluding hydrogens is 418 g/mol. The number of esters is 1. The van der Waals surface area contributed by atoms with Crippen molar-refractivity contribution in [1.29, 1.82) is 5.26 Å². The van der Waals surface area contributed by atoms with Gasteiger partial charge in [0, 0.05) is 6.07 Å². The number of ether oxygens (including phenoxy) is 2. The highest BCUT2D eigenvalue weighted by molar-refractivity contribution is 9.10. The Labute approximate surface area is 164 Å². The number of imide groups is 1. The minimum Gasteiger partial charge on any atom is -0.490 e. The summed E-state index contributed by atoms with van der Waals surface area (Å²) in [7, 11) is 0. The first-order valence-electron chi connectivity index (χ1n) is 8.61. The standard InChI is InChI=1S/C18H18BrN3O5/c1-2-26-13-8-11(9-20)7-12(19)15(13)27-14(23)10-22-16(24)18(21-17(22)25)5-3-4-6-18/h7-8H,2-6,10H2,1H3,(H,21,25). The van der Waals surface area contributed by atoms with E-state index in [9.17, 15) is 14.4 Å². The number of amides is 3. The van der Waals surface area contributed by atoms with E-state index in [0.717, 1.165) is 17.7 Å². The van der Waals surface area contributed by atoms with Crippen LogP contribution in [0.5, 0.6) is 11.5 Å². The highest BCUT2D eigenvalue weighted by Gasteiger charge is 2.52. The Bertz CT molecular complexity index is 842. The van der Waals surface area contributed by atoms with Crippen LogP contribution in [0.1, 0.15) is 38.2 Å². The van der Waals surface area contributed by atoms with Gasteiger partial charge in [-0.25, -0.2) is 9.59 Å². The van der Waals surface area contributed by atoms with Gasteiger partial charge in [-0.15, -0.1) is 0 Å². The second-order valence-corrected chi connectivity index (χ2v) is 7.27. The summed E-state index contributed by atoms with van der Waals surface area (Å²) in [5, 5.41) is 11.8. The number of hydrogen-bond acceptors (Lipinski definition) is 6. The Hall–Kier alpha value is -2.60. The smallest absolute Gasteiger partial charge is 0.331 e. The molecule has 1 spiro atoms. The first-order valence-corrected chi connectivity index (χ1v) is 9.40. The molecule has 0 aromatic heterocycles. The van der Waals surface area contributed by atoms with Gasteiger partial charge in [0.2, 0.25) is 0 Å². The summed E-state index contributed by atoms with van der Waals surface area (Å²) >= 11 is 3.25. The molecule has 3 rings (SSSR count). The fourth-order valence-corrected chi connectivity index (χ4v) is 3.93. The molecule has 1 saturated heterocycles. The molecule has 2 fully saturated rings. The van der Waals surface area contributed by atoms with E-state index in [1.807, 2.05) is 6.07 Å². The molecule has 3 amide bonds. The number of carbonyl (C=O) groups is 3. The highest BCUT2D eigenvalue weighted by atomic mass is 79.9. The van der Waals surface area contributed by atoms with Gasteiger partial charge in [-0.05, 0) is 41.8 Å². The van der Waals surface area contributed by atoms with Crippen LogP contribution in [-0.4, -0.2) is 41.5 Å². The first-order chi connectivity index (χ1) is 12.9. The number of carbonyl (C=O) groups excluding carboxylic acids is 3. The van der Waals surface area contributed by atoms with E-state index in [4.69, 9.17) is 14.7 Å². The Balaban J connectivity index is 1.76. The van der Waals surface area contributed by atoms with Crippen LogP contribution in [-0.2, 0) is 9.59 Å². The summed E-state index contributed by atoms with van der Waals surface area (Å²) in [4.78, 5) is 38.1. The van der Waals surface area contributed by atoms with Gasteiger partial charge < -0.3 is 14.8 Å². The molecule has 1 aromatic rings. The molecule has 0 unspecified atom stereocenters. The van der Waals surface area contributed by atoms with Crippen LogP contribution in [0.2, 0.25) is 0 Å². The quantitative estimate of drug-likeness (QED) is 0.432. The summed E-state index contributed by atoms with van der Waals surface area (Å²) < 4.78 is 11.1. The minimum absolute atomic E-state index is 0.100. The Morgan fingerprint density at radius 1 is 1.37 bits per heavy atom. The Kier molecular flexibility index (Phi) is 5.37. The van der Waals surface area contributed by atoms with E-state index in [1.165, 1.54) is 12.1 Å². The van der Waals surface area contributed by atoms with Gasteiger partial charge in [0.1, 0.15) is 12.1 Å². The lowest BCUT2D eigenvalue weighted by Gasteiger charge is -2.19. The molecule has 0 atom stereocenters. The number of rotatable bonds is 5. The largest absolute Gasteiger partial charge is 0.490 e. The Morgan fingerprint density at radius 3 is 2.70 bits per heavy atom. The van der Waals surface area contributed by atoms with Crippen LogP contribution >= 0.6 is 15.9 Å². The molecule has 9 heteroatoms. The number of benzene rings is 1. The van der Waals surface area contributed by atoms with Crippen molar-refractivity contribution in [3.63, 3.8) is 0 Å². The van der Waals surface area contributed by atoms with Crippen LogP contribution in [0.3, 0.4) is 0 Å². The molecule has 1 aromatic carbocycles. The second kappa shape index (κ2) is 7.56. The lowest BCUT2D eigenvalue weighted by molar-refractivity contribution is -0.141. The van der Waals surface area contributed by atoms with E-state index >= 15 is 0 Å². The lowest BCUT2D eigenvalue weighted by atomic mass is 9.98. The fourth-order valence-electron chi connectivity index (χ4n) is 3.41. The third kappa shape index (κ3) is 3.62. The summed E-state index contributed by atoms with van der Waals surface area (Å²) in [6, 6.07) is 4.36. The summed E-state index contributed by atoms with van der Waals surface area (Å²) in [6.45, 7) is 1.57. The average Bonchev–Trinajstić information content (AvgIpc) is 3.19. The van der Waals surface area contributed by atoms with Crippen LogP contribution in [0.4, 0.5) is 4.79 Å². The average molecular weight is 436 g/mol. The summed E-state index contributed by atoms with van der Waals surface area (Å²) in [5.41, 5.74) is -0.537. The van der Waals surface area contributed by atoms with Gasteiger partial charge in [0.25, 0.3) is 5.91 Å². The molecule has 2 aliphatic rings. The normalized spacial score (nSPS) is 17.7. The van der Waals surface area contributed by atoms with E-state index < -0.39 is 24.1 Å². The molecule has 1 aliphatic heterocycles. The molecule has 1 N–H and O–H groups in total. The van der Waals surface area contributed by atoms with Crippen molar-refractivity contribution in [2.24, 2.45) is 0 Å². The van der Waals surface area contributed by atoms with Crippen LogP contribution < -0.4 is 14.8 Å². The molecule has 1 saturated carbocycles. The predicted octanol–water partition coefficient (Wildman–Crippen LogP) is 2.49. The van der Waals surface area contributed by atoms with Crippen LogP contribution in [0.25, 0.3) is 0 Å². The monoisotopic (exact) mass is 435 g/mol. The topological polar surface area (TPSA) is 109 Å². The van der Waals surface area contributed by atoms with Gasteiger partial charge in [-0.1, -0.05) is 12.8 Å². The number of nitriles is 1. The highest BCUT2D eigenvalue weighted by Crippen LogP contribution is 2.38. The number of halogens is 1. The molecule has 142 valence electrons. The van der Waals surface area contributed by atoms with E-state index in [2.05, 4.69) is 21.2 Å². The molecular formula is C18H18BrN3O5. The van der Waals surface area contributed by atoms with E-state index in [-0.39, 0.29) is 17.4 Å². The first kappa shape index (κ1) is 19.2. The van der Waals surface area contributed by atoms with Crippen molar-refractivity contribution in [2.45, 2.75) is 38.1 Å². The zero-order valence-electron chi connectivity index (χ0n) is 14.7. The molecule has 0 bridgehead atoms. The van der Waals surface area contributed by atoms with Crippen LogP contribution in [0, 0.1) is 11.3 Å². The minimum atomic E-state index is -0.872. The van der Waals surface area contributed by atoms with E-state index in [0.29, 0.717) is 29.5 Å². The van der Waals surface area contributed by atoms with Crippen LogP contribution in [0.15, 0.2) is 16.6 Å². The Morgan fingerprint density at radius 2 is 2.07 bits per heavy atom. The molecule has 27 heavy (non-hydrogen) atoms. The van der Waals surface area contributed by atoms with Crippen molar-refractivity contribution in [2.75, 3.05) is 13.2 Å². The predicted molar refractivity (Wildman–Crippen MR) is 97.1 cm³/mol. The van der Waals surface area contributed by atoms with Gasteiger partial charge in [0.15, 0.2) is 11.5 Å². The fraction of sp³-hybridized carbons (Fsp3) is 0.444. The van der Waals surface area contributed by atoms with Gasteiger partial charge >= 0.3 is 12.0 Å². The molecule has 0 radical (unpaired) electrons. The summed E-state index contributed by atoms with van der Waals surface area (Å²) in [5.74, 6) is -0.837. The number of nitrogens with one attached hydrogen (secondary N) is 1. The zero-order valence-corrected chi connectivity index (χ0v) is 16.3. The number of urea groups is 1. The van der Waals surface area contributed by atoms with E-state index in [1.54, 1.807) is 6.92 Å². The van der Waals surface area contributed by atoms with Gasteiger partial charge in [0.05, 0.1) is 22.7 Å². The maximum atomic E-state index is 12.6. The third-order valence-electron chi connectivity index (χ3n) is 4.64. The third-order valence-corrected chi connectivity index (χ3v) is 5.23. The maximum absolute atomic E-state index is 12.6. The van der Waals surface area contributed by atoms with Crippen molar-refractivity contribution in [1.82, 2.24) is 10.2 Å². The molecule has 8 nitrogen and oxygen atoms in total. The molecule has 1 aliphatic carbocycles. The lowest BCUT2D eigenvalue weighted by Crippen LogP contribution is -2.44. The second-order valence-electron chi connectivity index (χ2n) is 6.41. The number of hydrogen-bond donors (Lipinski definition) is 1. The SMILES string of the molecule is CCOc1cc(C#N)cc(Br)c1OC(=O)CN1C(=O)NC2(CCCC2)C1=O. The maximum Gasteiger partial charge on any atom is 0.331 e. The van der Waals surface area contributed by atoms with Gasteiger partial charge in [-0.2, -0.15) is 5.26 Å². The number of nitrogens with zero attached hydrogens (tertiary/aromatic N) is 2. The summed E-state index contributed by atoms with van der Waals surface area (Å²) in [6.07, 6.45) is 2.89. The molecule has 1 heterocycles. The van der Waals surface area contributed by atoms with Gasteiger partial charge in [-0.3, -0.25) is 9.69 Å². The van der Waals surface area contributed by atoms with Crippen molar-refractivity contribution >= 4 is 33.8 Å². The van der Waals surface area contributed by atoms with Crippen molar-refractivity contribution < 1.29 is 23.9 Å². The van der Waals surface area contributed by atoms with Crippen molar-refractivity contribution in [3.05, 3.63) is 22.2 Å².